The van der Waals surface area contributed by atoms with Crippen LogP contribution in [-0.2, 0) is 0 Å². The van der Waals surface area contributed by atoms with Crippen molar-refractivity contribution in [2.45, 2.75) is 33.2 Å². The number of halogens is 1. The first-order valence-corrected chi connectivity index (χ1v) is 7.50. The van der Waals surface area contributed by atoms with E-state index < -0.39 is 0 Å². The number of rotatable bonds is 8. The minimum atomic E-state index is 0.0691. The van der Waals surface area contributed by atoms with Crippen LogP contribution in [0.1, 0.15) is 27.2 Å². The Morgan fingerprint density at radius 3 is 2.53 bits per heavy atom. The van der Waals surface area contributed by atoms with Crippen LogP contribution in [0.25, 0.3) is 0 Å². The molecule has 19 heavy (non-hydrogen) atoms. The molecule has 0 radical (unpaired) electrons. The molecule has 0 aliphatic heterocycles. The maximum Gasteiger partial charge on any atom is 0.119 e. The van der Waals surface area contributed by atoms with Crippen molar-refractivity contribution in [3.8, 4) is 5.75 Å². The van der Waals surface area contributed by atoms with Gasteiger partial charge in [0.2, 0.25) is 0 Å². The van der Waals surface area contributed by atoms with E-state index >= 15 is 0 Å². The van der Waals surface area contributed by atoms with Crippen molar-refractivity contribution in [1.82, 2.24) is 5.32 Å². The summed E-state index contributed by atoms with van der Waals surface area (Å²) >= 11 is 3.41. The maximum atomic E-state index is 5.77. The average molecular weight is 326 g/mol. The van der Waals surface area contributed by atoms with E-state index in [2.05, 4.69) is 48.6 Å². The molecule has 0 aliphatic rings. The van der Waals surface area contributed by atoms with E-state index in [1.54, 1.807) is 0 Å². The molecule has 0 saturated heterocycles. The quantitative estimate of drug-likeness (QED) is 0.715. The predicted octanol–water partition coefficient (Wildman–Crippen LogP) is 4.41. The van der Waals surface area contributed by atoms with E-state index in [1.807, 2.05) is 30.3 Å². The molecule has 2 nitrogen and oxygen atoms in total. The van der Waals surface area contributed by atoms with Gasteiger partial charge in [0.1, 0.15) is 5.75 Å². The Morgan fingerprint density at radius 1 is 1.37 bits per heavy atom. The van der Waals surface area contributed by atoms with Crippen LogP contribution in [0.3, 0.4) is 0 Å². The molecule has 0 saturated carbocycles. The van der Waals surface area contributed by atoms with Crippen LogP contribution in [0.5, 0.6) is 5.75 Å². The summed E-state index contributed by atoms with van der Waals surface area (Å²) in [5.74, 6) is 0.909. The average Bonchev–Trinajstić information content (AvgIpc) is 2.39. The van der Waals surface area contributed by atoms with E-state index in [0.29, 0.717) is 12.6 Å². The van der Waals surface area contributed by atoms with Crippen molar-refractivity contribution in [2.75, 3.05) is 13.2 Å². The van der Waals surface area contributed by atoms with Crippen LogP contribution in [0.2, 0.25) is 0 Å². The van der Waals surface area contributed by atoms with Gasteiger partial charge in [-0.2, -0.15) is 0 Å². The number of hydrogen-bond acceptors (Lipinski definition) is 2. The Labute approximate surface area is 125 Å². The molecule has 1 aromatic rings. The van der Waals surface area contributed by atoms with Crippen LogP contribution in [0.4, 0.5) is 0 Å². The third-order valence-corrected chi connectivity index (χ3v) is 3.69. The van der Waals surface area contributed by atoms with Crippen molar-refractivity contribution in [3.05, 3.63) is 41.4 Å². The lowest BCUT2D eigenvalue weighted by molar-refractivity contribution is 0.241. The second-order valence-corrected chi connectivity index (χ2v) is 6.36. The van der Waals surface area contributed by atoms with Gasteiger partial charge in [-0.05, 0) is 30.7 Å². The summed E-state index contributed by atoms with van der Waals surface area (Å²) in [5.41, 5.74) is 0.0691. The summed E-state index contributed by atoms with van der Waals surface area (Å²) in [4.78, 5) is 0. The van der Waals surface area contributed by atoms with Gasteiger partial charge in [-0.25, -0.2) is 0 Å². The summed E-state index contributed by atoms with van der Waals surface area (Å²) < 4.78 is 6.84. The number of benzene rings is 1. The molecule has 0 bridgehead atoms. The highest BCUT2D eigenvalue weighted by Gasteiger charge is 2.20. The molecule has 3 heteroatoms. The van der Waals surface area contributed by atoms with Crippen molar-refractivity contribution in [2.24, 2.45) is 5.41 Å². The normalized spacial score (nSPS) is 14.2. The highest BCUT2D eigenvalue weighted by molar-refractivity contribution is 9.10. The zero-order valence-electron chi connectivity index (χ0n) is 12.1. The Kier molecular flexibility index (Phi) is 6.59. The van der Waals surface area contributed by atoms with Gasteiger partial charge in [-0.15, -0.1) is 6.58 Å². The minimum Gasteiger partial charge on any atom is -0.494 e. The monoisotopic (exact) mass is 325 g/mol. The molecule has 0 amide bonds. The van der Waals surface area contributed by atoms with Gasteiger partial charge in [0.15, 0.2) is 0 Å². The van der Waals surface area contributed by atoms with Crippen LogP contribution < -0.4 is 10.1 Å². The number of nitrogens with one attached hydrogen (secondary N) is 1. The summed E-state index contributed by atoms with van der Waals surface area (Å²) in [6.07, 6.45) is 2.97. The fraction of sp³-hybridized carbons (Fsp3) is 0.500. The van der Waals surface area contributed by atoms with Crippen LogP contribution in [0, 0.1) is 5.41 Å². The summed E-state index contributed by atoms with van der Waals surface area (Å²) in [7, 11) is 0. The molecule has 106 valence electrons. The molecule has 1 aromatic carbocycles. The fourth-order valence-corrected chi connectivity index (χ4v) is 1.90. The topological polar surface area (TPSA) is 21.3 Å². The van der Waals surface area contributed by atoms with E-state index in [-0.39, 0.29) is 5.41 Å². The molecule has 1 N–H and O–H groups in total. The number of ether oxygens (including phenoxy) is 1. The Balaban J connectivity index is 2.40. The Morgan fingerprint density at radius 2 is 2.00 bits per heavy atom. The first-order chi connectivity index (χ1) is 8.95. The van der Waals surface area contributed by atoms with E-state index in [4.69, 9.17) is 4.74 Å². The third kappa shape index (κ3) is 6.26. The van der Waals surface area contributed by atoms with E-state index in [0.717, 1.165) is 23.2 Å². The molecular formula is C16H24BrNO. The van der Waals surface area contributed by atoms with Gasteiger partial charge in [-0.1, -0.05) is 42.8 Å². The zero-order valence-corrected chi connectivity index (χ0v) is 13.7. The highest BCUT2D eigenvalue weighted by Crippen LogP contribution is 2.23. The summed E-state index contributed by atoms with van der Waals surface area (Å²) in [6, 6.07) is 8.42. The lowest BCUT2D eigenvalue weighted by Gasteiger charge is -2.27. The van der Waals surface area contributed by atoms with Crippen molar-refractivity contribution < 1.29 is 4.74 Å². The minimum absolute atomic E-state index is 0.0691. The molecule has 0 aliphatic carbocycles. The van der Waals surface area contributed by atoms with E-state index in [1.165, 1.54) is 0 Å². The molecule has 0 aromatic heterocycles. The maximum absolute atomic E-state index is 5.77. The van der Waals surface area contributed by atoms with Crippen LogP contribution >= 0.6 is 15.9 Å². The van der Waals surface area contributed by atoms with Crippen molar-refractivity contribution >= 4 is 15.9 Å². The van der Waals surface area contributed by atoms with Gasteiger partial charge in [0, 0.05) is 22.5 Å². The Bertz CT molecular complexity index is 388. The van der Waals surface area contributed by atoms with Crippen molar-refractivity contribution in [1.29, 1.82) is 0 Å². The molecule has 1 unspecified atom stereocenters. The third-order valence-electron chi connectivity index (χ3n) is 3.16. The second kappa shape index (κ2) is 7.71. The molecule has 1 atom stereocenters. The largest absolute Gasteiger partial charge is 0.494 e. The van der Waals surface area contributed by atoms with Gasteiger partial charge in [-0.3, -0.25) is 0 Å². The van der Waals surface area contributed by atoms with Gasteiger partial charge >= 0.3 is 0 Å². The second-order valence-electron chi connectivity index (χ2n) is 5.45. The van der Waals surface area contributed by atoms with Gasteiger partial charge in [0.05, 0.1) is 6.61 Å². The first kappa shape index (κ1) is 16.3. The number of hydrogen-bond donors (Lipinski definition) is 1. The molecule has 0 fully saturated rings. The SMILES string of the molecule is C=CC(C)(CCOc1ccc(Br)cc1)CNC(C)C. The molecule has 0 spiro atoms. The van der Waals surface area contributed by atoms with Crippen LogP contribution in [0.15, 0.2) is 41.4 Å². The molecular weight excluding hydrogens is 302 g/mol. The summed E-state index contributed by atoms with van der Waals surface area (Å²) in [6.45, 7) is 12.1. The summed E-state index contributed by atoms with van der Waals surface area (Å²) in [5, 5.41) is 3.46. The molecule has 1 rings (SSSR count). The van der Waals surface area contributed by atoms with Crippen LogP contribution in [-0.4, -0.2) is 19.2 Å². The van der Waals surface area contributed by atoms with E-state index in [9.17, 15) is 0 Å². The van der Waals surface area contributed by atoms with Gasteiger partial charge < -0.3 is 10.1 Å². The molecule has 0 heterocycles. The fourth-order valence-electron chi connectivity index (χ4n) is 1.63. The lowest BCUT2D eigenvalue weighted by atomic mass is 9.87. The first-order valence-electron chi connectivity index (χ1n) is 6.70. The van der Waals surface area contributed by atoms with Gasteiger partial charge in [0.25, 0.3) is 0 Å². The van der Waals surface area contributed by atoms with Crippen molar-refractivity contribution in [3.63, 3.8) is 0 Å². The lowest BCUT2D eigenvalue weighted by Crippen LogP contribution is -2.35. The Hall–Kier alpha value is -0.800. The standard InChI is InChI=1S/C16H24BrNO/c1-5-16(4,12-18-13(2)3)10-11-19-15-8-6-14(17)7-9-15/h5-9,13,18H,1,10-12H2,2-4H3. The smallest absolute Gasteiger partial charge is 0.119 e. The predicted molar refractivity (Wildman–Crippen MR) is 85.7 cm³/mol. The highest BCUT2D eigenvalue weighted by atomic mass is 79.9. The zero-order chi connectivity index (χ0) is 14.3.